The molecule has 3 aliphatic rings. The Kier molecular flexibility index (Phi) is 9.12. The topological polar surface area (TPSA) is 0 Å². The van der Waals surface area contributed by atoms with Crippen LogP contribution in [0.25, 0.3) is 94.6 Å². The Morgan fingerprint density at radius 3 is 1.16 bits per heavy atom. The smallest absolute Gasteiger partial charge is 0.00994 e. The SMILES string of the molecule is CCC1c2cc(-c3cc(C4=CC=CC4)cc(-c4ccccc4)c3)ccc2-c2ccc(-c3ccc4c(c3)Cc3cc(-c5cc(-c6ccccc6)cc(-c6ccccc6)c5)ccc3-4)cc21. The highest BCUT2D eigenvalue weighted by molar-refractivity contribution is 5.89. The summed E-state index contributed by atoms with van der Waals surface area (Å²) in [4.78, 5) is 0. The van der Waals surface area contributed by atoms with Crippen LogP contribution in [0.4, 0.5) is 0 Å². The van der Waals surface area contributed by atoms with Crippen LogP contribution in [0.5, 0.6) is 0 Å². The maximum absolute atomic E-state index is 2.49. The Labute approximate surface area is 371 Å². The summed E-state index contributed by atoms with van der Waals surface area (Å²) in [5.74, 6) is 0.355. The van der Waals surface area contributed by atoms with Crippen LogP contribution in [0.2, 0.25) is 0 Å². The highest BCUT2D eigenvalue weighted by Crippen LogP contribution is 2.50. The van der Waals surface area contributed by atoms with Crippen LogP contribution in [-0.4, -0.2) is 0 Å². The molecular weight excluding hydrogens is 757 g/mol. The molecule has 0 heterocycles. The highest BCUT2D eigenvalue weighted by Gasteiger charge is 2.29. The first-order valence-corrected chi connectivity index (χ1v) is 22.5. The van der Waals surface area contributed by atoms with Gasteiger partial charge in [0.05, 0.1) is 0 Å². The van der Waals surface area contributed by atoms with Crippen LogP contribution in [0.15, 0.2) is 218 Å². The number of rotatable bonds is 8. The fourth-order valence-electron chi connectivity index (χ4n) is 10.6. The van der Waals surface area contributed by atoms with E-state index in [4.69, 9.17) is 0 Å². The molecule has 0 bridgehead atoms. The van der Waals surface area contributed by atoms with Crippen LogP contribution < -0.4 is 0 Å². The van der Waals surface area contributed by atoms with Crippen LogP contribution in [0.3, 0.4) is 0 Å². The van der Waals surface area contributed by atoms with Gasteiger partial charge < -0.3 is 0 Å². The summed E-state index contributed by atoms with van der Waals surface area (Å²) in [5, 5.41) is 0. The van der Waals surface area contributed by atoms with E-state index in [9.17, 15) is 0 Å². The average molecular weight is 803 g/mol. The van der Waals surface area contributed by atoms with Crippen molar-refractivity contribution >= 4 is 5.57 Å². The largest absolute Gasteiger partial charge is 0.0801 e. The van der Waals surface area contributed by atoms with E-state index in [1.165, 1.54) is 122 Å². The molecule has 0 N–H and O–H groups in total. The van der Waals surface area contributed by atoms with Crippen LogP contribution >= 0.6 is 0 Å². The normalized spacial score (nSPS) is 14.2. The minimum absolute atomic E-state index is 0.355. The molecule has 1 atom stereocenters. The Bertz CT molecular complexity index is 3230. The van der Waals surface area contributed by atoms with E-state index < -0.39 is 0 Å². The number of hydrogen-bond acceptors (Lipinski definition) is 0. The summed E-state index contributed by atoms with van der Waals surface area (Å²) in [6.45, 7) is 2.35. The molecule has 0 aromatic heterocycles. The van der Waals surface area contributed by atoms with Gasteiger partial charge >= 0.3 is 0 Å². The monoisotopic (exact) mass is 802 g/mol. The standard InChI is InChI=1S/C63H46/c1-2-57-62-39-47(24-28-60(62)61-29-25-48(40-63(57)61)54-36-51(43-18-10-5-11-19-43)33-52(37-54)44-20-12-13-21-44)45-22-26-58-55(30-45)38-56-31-46(23-27-59(56)58)53-34-49(41-14-6-3-7-15-41)32-50(35-53)42-16-8-4-9-17-42/h3-20,22-37,39-40,57H,2,21,38H2,1H3. The highest BCUT2D eigenvalue weighted by atomic mass is 14.3. The van der Waals surface area contributed by atoms with Crippen LogP contribution in [0.1, 0.15) is 53.5 Å². The second-order valence-corrected chi connectivity index (χ2v) is 17.5. The molecule has 0 fully saturated rings. The van der Waals surface area contributed by atoms with Crippen molar-refractivity contribution in [3.63, 3.8) is 0 Å². The van der Waals surface area contributed by atoms with E-state index in [1.807, 2.05) is 0 Å². The lowest BCUT2D eigenvalue weighted by Crippen LogP contribution is -1.96. The predicted molar refractivity (Wildman–Crippen MR) is 267 cm³/mol. The third-order valence-electron chi connectivity index (χ3n) is 13.8. The van der Waals surface area contributed by atoms with Crippen molar-refractivity contribution in [1.29, 1.82) is 0 Å². The second kappa shape index (κ2) is 15.4. The zero-order chi connectivity index (χ0) is 41.9. The Balaban J connectivity index is 0.848. The van der Waals surface area contributed by atoms with Gasteiger partial charge in [0.1, 0.15) is 0 Å². The average Bonchev–Trinajstić information content (AvgIpc) is 4.10. The number of fused-ring (bicyclic) bond motifs is 6. The number of hydrogen-bond donors (Lipinski definition) is 0. The molecule has 298 valence electrons. The molecule has 1 unspecified atom stereocenters. The first-order valence-electron chi connectivity index (χ1n) is 22.5. The molecule has 9 aromatic rings. The molecule has 12 rings (SSSR count). The molecule has 0 saturated heterocycles. The first kappa shape index (κ1) is 37.2. The van der Waals surface area contributed by atoms with Crippen molar-refractivity contribution in [3.05, 3.63) is 246 Å². The zero-order valence-electron chi connectivity index (χ0n) is 35.5. The molecule has 9 aromatic carbocycles. The molecule has 0 spiro atoms. The molecule has 63 heavy (non-hydrogen) atoms. The maximum Gasteiger partial charge on any atom is 0.00994 e. The maximum atomic E-state index is 2.49. The summed E-state index contributed by atoms with van der Waals surface area (Å²) in [6.07, 6.45) is 9.68. The van der Waals surface area contributed by atoms with E-state index in [2.05, 4.69) is 225 Å². The Hall–Kier alpha value is -7.54. The van der Waals surface area contributed by atoms with Gasteiger partial charge in [-0.3, -0.25) is 0 Å². The molecular formula is C63H46. The van der Waals surface area contributed by atoms with E-state index >= 15 is 0 Å². The zero-order valence-corrected chi connectivity index (χ0v) is 35.5. The van der Waals surface area contributed by atoms with Crippen LogP contribution in [0, 0.1) is 0 Å². The summed E-state index contributed by atoms with van der Waals surface area (Å²) in [6, 6.07) is 75.2. The molecule has 0 amide bonds. The van der Waals surface area contributed by atoms with Gasteiger partial charge in [-0.05, 0) is 190 Å². The third kappa shape index (κ3) is 6.71. The lowest BCUT2D eigenvalue weighted by atomic mass is 9.89. The van der Waals surface area contributed by atoms with Gasteiger partial charge in [0.2, 0.25) is 0 Å². The summed E-state index contributed by atoms with van der Waals surface area (Å²) in [5.41, 5.74) is 29.0. The van der Waals surface area contributed by atoms with Crippen molar-refractivity contribution in [2.75, 3.05) is 0 Å². The van der Waals surface area contributed by atoms with Crippen LogP contribution in [-0.2, 0) is 6.42 Å². The minimum Gasteiger partial charge on any atom is -0.0801 e. The Morgan fingerprint density at radius 2 is 0.730 bits per heavy atom. The van der Waals surface area contributed by atoms with Gasteiger partial charge in [-0.1, -0.05) is 177 Å². The second-order valence-electron chi connectivity index (χ2n) is 17.5. The van der Waals surface area contributed by atoms with Crippen molar-refractivity contribution in [2.45, 2.75) is 32.1 Å². The van der Waals surface area contributed by atoms with Gasteiger partial charge in [0, 0.05) is 5.92 Å². The Morgan fingerprint density at radius 1 is 0.349 bits per heavy atom. The molecule has 0 saturated carbocycles. The van der Waals surface area contributed by atoms with Crippen molar-refractivity contribution < 1.29 is 0 Å². The minimum atomic E-state index is 0.355. The molecule has 0 heteroatoms. The van der Waals surface area contributed by atoms with E-state index in [0.717, 1.165) is 19.3 Å². The quantitative estimate of drug-likeness (QED) is 0.144. The summed E-state index contributed by atoms with van der Waals surface area (Å²) < 4.78 is 0. The fraction of sp³-hybridized carbons (Fsp3) is 0.0794. The van der Waals surface area contributed by atoms with E-state index in [1.54, 1.807) is 0 Å². The van der Waals surface area contributed by atoms with Crippen molar-refractivity contribution in [3.8, 4) is 89.0 Å². The van der Waals surface area contributed by atoms with Crippen molar-refractivity contribution in [2.24, 2.45) is 0 Å². The molecule has 0 nitrogen and oxygen atoms in total. The lowest BCUT2D eigenvalue weighted by Gasteiger charge is -2.15. The predicted octanol–water partition coefficient (Wildman–Crippen LogP) is 17.1. The number of allylic oxidation sites excluding steroid dienone is 4. The summed E-state index contributed by atoms with van der Waals surface area (Å²) in [7, 11) is 0. The molecule has 0 radical (unpaired) electrons. The summed E-state index contributed by atoms with van der Waals surface area (Å²) >= 11 is 0. The van der Waals surface area contributed by atoms with Crippen molar-refractivity contribution in [1.82, 2.24) is 0 Å². The molecule has 3 aliphatic carbocycles. The van der Waals surface area contributed by atoms with Gasteiger partial charge in [0.15, 0.2) is 0 Å². The van der Waals surface area contributed by atoms with E-state index in [-0.39, 0.29) is 0 Å². The van der Waals surface area contributed by atoms with Gasteiger partial charge in [-0.15, -0.1) is 0 Å². The lowest BCUT2D eigenvalue weighted by molar-refractivity contribution is 0.798. The fourth-order valence-corrected chi connectivity index (χ4v) is 10.6. The third-order valence-corrected chi connectivity index (χ3v) is 13.8. The molecule has 0 aliphatic heterocycles. The first-order chi connectivity index (χ1) is 31.1. The van der Waals surface area contributed by atoms with Gasteiger partial charge in [0.25, 0.3) is 0 Å². The van der Waals surface area contributed by atoms with E-state index in [0.29, 0.717) is 5.92 Å². The van der Waals surface area contributed by atoms with Gasteiger partial charge in [-0.2, -0.15) is 0 Å². The van der Waals surface area contributed by atoms with Gasteiger partial charge in [-0.25, -0.2) is 0 Å². The number of benzene rings is 9.